The van der Waals surface area contributed by atoms with E-state index in [1.165, 1.54) is 4.88 Å². The summed E-state index contributed by atoms with van der Waals surface area (Å²) >= 11 is 3.26. The number of thiophene rings is 1. The molecule has 0 radical (unpaired) electrons. The first-order valence-electron chi connectivity index (χ1n) is 3.11. The molecule has 0 atom stereocenters. The third-order valence-corrected chi connectivity index (χ3v) is 3.15. The Hall–Kier alpha value is -0.870. The molecule has 2 aromatic rings. The van der Waals surface area contributed by atoms with Gasteiger partial charge in [-0.1, -0.05) is 6.07 Å². The Balaban J connectivity index is 2.45. The third kappa shape index (κ3) is 1.27. The van der Waals surface area contributed by atoms with Gasteiger partial charge in [-0.15, -0.1) is 22.7 Å². The fourth-order valence-electron chi connectivity index (χ4n) is 0.800. The Labute approximate surface area is 72.3 Å². The average Bonchev–Trinajstić information content (AvgIpc) is 2.55. The number of anilines is 1. The highest BCUT2D eigenvalue weighted by molar-refractivity contribution is 7.20. The smallest absolute Gasteiger partial charge is 0.135 e. The van der Waals surface area contributed by atoms with Crippen molar-refractivity contribution in [2.45, 2.75) is 0 Å². The maximum atomic E-state index is 5.49. The van der Waals surface area contributed by atoms with Crippen molar-refractivity contribution in [1.82, 2.24) is 4.98 Å². The van der Waals surface area contributed by atoms with E-state index in [4.69, 9.17) is 5.73 Å². The zero-order valence-electron chi connectivity index (χ0n) is 5.65. The van der Waals surface area contributed by atoms with E-state index in [0.29, 0.717) is 5.82 Å². The quantitative estimate of drug-likeness (QED) is 0.735. The topological polar surface area (TPSA) is 38.9 Å². The molecule has 0 bridgehead atoms. The molecule has 0 aliphatic carbocycles. The van der Waals surface area contributed by atoms with Gasteiger partial charge in [-0.2, -0.15) is 0 Å². The molecule has 0 aliphatic heterocycles. The summed E-state index contributed by atoms with van der Waals surface area (Å²) in [4.78, 5) is 5.35. The molecular formula is C7H6N2S2. The highest BCUT2D eigenvalue weighted by Crippen LogP contribution is 2.28. The number of nitrogens with two attached hydrogens (primary N) is 1. The maximum Gasteiger partial charge on any atom is 0.135 e. The Morgan fingerprint density at radius 3 is 2.82 bits per heavy atom. The van der Waals surface area contributed by atoms with Gasteiger partial charge in [0.2, 0.25) is 0 Å². The van der Waals surface area contributed by atoms with Gasteiger partial charge in [0.05, 0.1) is 4.88 Å². The number of hydrogen-bond acceptors (Lipinski definition) is 4. The number of aromatic nitrogens is 1. The van der Waals surface area contributed by atoms with Gasteiger partial charge in [0, 0.05) is 5.38 Å². The van der Waals surface area contributed by atoms with Crippen molar-refractivity contribution in [1.29, 1.82) is 0 Å². The Bertz CT molecular complexity index is 337. The van der Waals surface area contributed by atoms with Crippen LogP contribution >= 0.6 is 22.7 Å². The lowest BCUT2D eigenvalue weighted by molar-refractivity contribution is 1.43. The summed E-state index contributed by atoms with van der Waals surface area (Å²) in [7, 11) is 0. The molecule has 2 heterocycles. The van der Waals surface area contributed by atoms with Crippen LogP contribution in [0.25, 0.3) is 9.88 Å². The predicted octanol–water partition coefficient (Wildman–Crippen LogP) is 2.45. The van der Waals surface area contributed by atoms with Gasteiger partial charge in [-0.25, -0.2) is 4.98 Å². The predicted molar refractivity (Wildman–Crippen MR) is 49.8 cm³/mol. The highest BCUT2D eigenvalue weighted by Gasteiger charge is 2.01. The van der Waals surface area contributed by atoms with Gasteiger partial charge in [-0.05, 0) is 11.4 Å². The molecule has 0 unspecified atom stereocenters. The molecule has 56 valence electrons. The van der Waals surface area contributed by atoms with Gasteiger partial charge >= 0.3 is 0 Å². The van der Waals surface area contributed by atoms with Crippen LogP contribution in [0.5, 0.6) is 0 Å². The molecule has 0 aliphatic rings. The van der Waals surface area contributed by atoms with Crippen molar-refractivity contribution < 1.29 is 0 Å². The molecule has 4 heteroatoms. The molecule has 0 aromatic carbocycles. The minimum absolute atomic E-state index is 0.610. The summed E-state index contributed by atoms with van der Waals surface area (Å²) in [5, 5.41) is 4.90. The first-order chi connectivity index (χ1) is 5.36. The summed E-state index contributed by atoms with van der Waals surface area (Å²) in [6, 6.07) is 4.06. The molecule has 2 rings (SSSR count). The van der Waals surface area contributed by atoms with Crippen molar-refractivity contribution in [2.24, 2.45) is 0 Å². The number of nitrogens with zero attached hydrogens (tertiary/aromatic N) is 1. The summed E-state index contributed by atoms with van der Waals surface area (Å²) < 4.78 is 0. The summed E-state index contributed by atoms with van der Waals surface area (Å²) in [5.74, 6) is 0.610. The first kappa shape index (κ1) is 6.82. The second kappa shape index (κ2) is 2.64. The van der Waals surface area contributed by atoms with Gasteiger partial charge < -0.3 is 5.73 Å². The minimum atomic E-state index is 0.610. The minimum Gasteiger partial charge on any atom is -0.383 e. The fraction of sp³-hybridized carbons (Fsp3) is 0. The van der Waals surface area contributed by atoms with Crippen LogP contribution in [0.3, 0.4) is 0 Å². The van der Waals surface area contributed by atoms with E-state index in [-0.39, 0.29) is 0 Å². The molecular weight excluding hydrogens is 176 g/mol. The SMILES string of the molecule is Nc1csc(-c2cccs2)n1. The second-order valence-corrected chi connectivity index (χ2v) is 3.86. The molecule has 0 spiro atoms. The largest absolute Gasteiger partial charge is 0.383 e. The van der Waals surface area contributed by atoms with E-state index in [1.54, 1.807) is 22.7 Å². The van der Waals surface area contributed by atoms with Gasteiger partial charge in [-0.3, -0.25) is 0 Å². The lowest BCUT2D eigenvalue weighted by Gasteiger charge is -1.84. The average molecular weight is 182 g/mol. The molecule has 0 saturated carbocycles. The van der Waals surface area contributed by atoms with Crippen molar-refractivity contribution in [3.8, 4) is 9.88 Å². The summed E-state index contributed by atoms with van der Waals surface area (Å²) in [6.07, 6.45) is 0. The number of nitrogen functional groups attached to an aromatic ring is 1. The van der Waals surface area contributed by atoms with Crippen LogP contribution in [-0.2, 0) is 0 Å². The standard InChI is InChI=1S/C7H6N2S2/c8-6-4-11-7(9-6)5-2-1-3-10-5/h1-4H,8H2. The third-order valence-electron chi connectivity index (χ3n) is 1.25. The van der Waals surface area contributed by atoms with E-state index in [2.05, 4.69) is 4.98 Å². The number of thiazole rings is 1. The van der Waals surface area contributed by atoms with Gasteiger partial charge in [0.25, 0.3) is 0 Å². The number of rotatable bonds is 1. The van der Waals surface area contributed by atoms with Crippen LogP contribution in [-0.4, -0.2) is 4.98 Å². The molecule has 2 aromatic heterocycles. The van der Waals surface area contributed by atoms with Crippen molar-refractivity contribution >= 4 is 28.5 Å². The lowest BCUT2D eigenvalue weighted by atomic mass is 10.5. The van der Waals surface area contributed by atoms with Crippen molar-refractivity contribution in [3.05, 3.63) is 22.9 Å². The van der Waals surface area contributed by atoms with Crippen molar-refractivity contribution in [3.63, 3.8) is 0 Å². The van der Waals surface area contributed by atoms with Crippen molar-refractivity contribution in [2.75, 3.05) is 5.73 Å². The van der Waals surface area contributed by atoms with Gasteiger partial charge in [0.15, 0.2) is 0 Å². The normalized spacial score (nSPS) is 10.2. The van der Waals surface area contributed by atoms with E-state index in [0.717, 1.165) is 5.01 Å². The van der Waals surface area contributed by atoms with Crippen LogP contribution < -0.4 is 5.73 Å². The van der Waals surface area contributed by atoms with E-state index in [1.807, 2.05) is 22.9 Å². The molecule has 0 amide bonds. The second-order valence-electron chi connectivity index (χ2n) is 2.05. The zero-order chi connectivity index (χ0) is 7.68. The molecule has 0 saturated heterocycles. The number of hydrogen-bond donors (Lipinski definition) is 1. The van der Waals surface area contributed by atoms with Crippen LogP contribution in [0.1, 0.15) is 0 Å². The summed E-state index contributed by atoms with van der Waals surface area (Å²) in [6.45, 7) is 0. The van der Waals surface area contributed by atoms with E-state index >= 15 is 0 Å². The Morgan fingerprint density at radius 1 is 1.36 bits per heavy atom. The zero-order valence-corrected chi connectivity index (χ0v) is 7.28. The maximum absolute atomic E-state index is 5.49. The summed E-state index contributed by atoms with van der Waals surface area (Å²) in [5.41, 5.74) is 5.49. The first-order valence-corrected chi connectivity index (χ1v) is 4.87. The van der Waals surface area contributed by atoms with Crippen LogP contribution in [0.15, 0.2) is 22.9 Å². The fourth-order valence-corrected chi connectivity index (χ4v) is 2.32. The van der Waals surface area contributed by atoms with E-state index in [9.17, 15) is 0 Å². The monoisotopic (exact) mass is 182 g/mol. The molecule has 0 fully saturated rings. The van der Waals surface area contributed by atoms with Crippen LogP contribution in [0, 0.1) is 0 Å². The molecule has 2 N–H and O–H groups in total. The Kier molecular flexibility index (Phi) is 1.63. The van der Waals surface area contributed by atoms with Crippen LogP contribution in [0.4, 0.5) is 5.82 Å². The van der Waals surface area contributed by atoms with Crippen LogP contribution in [0.2, 0.25) is 0 Å². The molecule has 2 nitrogen and oxygen atoms in total. The van der Waals surface area contributed by atoms with E-state index < -0.39 is 0 Å². The highest BCUT2D eigenvalue weighted by atomic mass is 32.1. The molecule has 11 heavy (non-hydrogen) atoms. The van der Waals surface area contributed by atoms with Gasteiger partial charge in [0.1, 0.15) is 10.8 Å². The lowest BCUT2D eigenvalue weighted by Crippen LogP contribution is -1.81. The Morgan fingerprint density at radius 2 is 2.27 bits per heavy atom.